The normalized spacial score (nSPS) is 12.0. The molecule has 0 fully saturated rings. The third kappa shape index (κ3) is 2.91. The molecule has 0 bridgehead atoms. The van der Waals surface area contributed by atoms with Crippen LogP contribution in [-0.2, 0) is 16.6 Å². The zero-order valence-corrected chi connectivity index (χ0v) is 12.2. The number of furan rings is 1. The van der Waals surface area contributed by atoms with Crippen LogP contribution in [0.4, 0.5) is 14.5 Å². The fraction of sp³-hybridized carbons (Fsp3) is 0.231. The second kappa shape index (κ2) is 5.45. The first-order valence-corrected chi connectivity index (χ1v) is 7.41. The van der Waals surface area contributed by atoms with Crippen molar-refractivity contribution in [3.63, 3.8) is 0 Å². The van der Waals surface area contributed by atoms with Gasteiger partial charge in [0.15, 0.2) is 0 Å². The van der Waals surface area contributed by atoms with Crippen LogP contribution in [0.5, 0.6) is 0 Å². The van der Waals surface area contributed by atoms with Crippen molar-refractivity contribution >= 4 is 15.7 Å². The van der Waals surface area contributed by atoms with E-state index in [1.54, 1.807) is 13.0 Å². The van der Waals surface area contributed by atoms with Gasteiger partial charge in [0.25, 0.3) is 0 Å². The van der Waals surface area contributed by atoms with E-state index in [0.29, 0.717) is 17.4 Å². The van der Waals surface area contributed by atoms with Crippen LogP contribution in [0, 0.1) is 18.6 Å². The quantitative estimate of drug-likeness (QED) is 0.878. The number of benzene rings is 1. The number of hydrogen-bond donors (Lipinski definition) is 1. The SMILES string of the molecule is Cc1occc1CN(C)S(=O)(=O)c1cc(N)c(F)cc1F. The zero-order chi connectivity index (χ0) is 15.8. The van der Waals surface area contributed by atoms with Crippen LogP contribution < -0.4 is 5.73 Å². The number of aryl methyl sites for hydroxylation is 1. The van der Waals surface area contributed by atoms with Crippen molar-refractivity contribution in [3.8, 4) is 0 Å². The Morgan fingerprint density at radius 3 is 2.52 bits per heavy atom. The Labute approximate surface area is 121 Å². The maximum atomic E-state index is 13.7. The molecule has 0 radical (unpaired) electrons. The highest BCUT2D eigenvalue weighted by atomic mass is 32.2. The summed E-state index contributed by atoms with van der Waals surface area (Å²) in [6.45, 7) is 1.69. The Hall–Kier alpha value is -1.93. The molecular weight excluding hydrogens is 302 g/mol. The number of nitrogens with two attached hydrogens (primary N) is 1. The molecule has 0 aliphatic rings. The number of anilines is 1. The molecular formula is C13H14F2N2O3S. The summed E-state index contributed by atoms with van der Waals surface area (Å²) in [5.74, 6) is -1.62. The Bertz CT molecular complexity index is 772. The molecule has 0 unspecified atom stereocenters. The van der Waals surface area contributed by atoms with Gasteiger partial charge in [0, 0.05) is 25.2 Å². The van der Waals surface area contributed by atoms with E-state index < -0.39 is 32.2 Å². The van der Waals surface area contributed by atoms with Crippen LogP contribution >= 0.6 is 0 Å². The summed E-state index contributed by atoms with van der Waals surface area (Å²) in [6.07, 6.45) is 1.43. The van der Waals surface area contributed by atoms with E-state index in [9.17, 15) is 17.2 Å². The summed E-state index contributed by atoms with van der Waals surface area (Å²) in [7, 11) is -2.84. The minimum absolute atomic E-state index is 0.00138. The van der Waals surface area contributed by atoms with Crippen molar-refractivity contribution in [1.29, 1.82) is 0 Å². The molecule has 0 atom stereocenters. The van der Waals surface area contributed by atoms with E-state index in [2.05, 4.69) is 0 Å². The summed E-state index contributed by atoms with van der Waals surface area (Å²) in [5.41, 5.74) is 5.53. The van der Waals surface area contributed by atoms with Gasteiger partial charge in [0.2, 0.25) is 10.0 Å². The maximum absolute atomic E-state index is 13.7. The van der Waals surface area contributed by atoms with Crippen LogP contribution in [0.3, 0.4) is 0 Å². The molecule has 0 aliphatic carbocycles. The zero-order valence-electron chi connectivity index (χ0n) is 11.4. The monoisotopic (exact) mass is 316 g/mol. The maximum Gasteiger partial charge on any atom is 0.246 e. The number of nitrogens with zero attached hydrogens (tertiary/aromatic N) is 1. The minimum atomic E-state index is -4.13. The molecule has 0 saturated carbocycles. The lowest BCUT2D eigenvalue weighted by Gasteiger charge is -2.17. The van der Waals surface area contributed by atoms with E-state index in [4.69, 9.17) is 10.2 Å². The second-order valence-electron chi connectivity index (χ2n) is 4.57. The van der Waals surface area contributed by atoms with E-state index in [0.717, 1.165) is 10.4 Å². The fourth-order valence-electron chi connectivity index (χ4n) is 1.81. The van der Waals surface area contributed by atoms with Crippen LogP contribution in [0.25, 0.3) is 0 Å². The molecule has 0 saturated heterocycles. The first-order valence-electron chi connectivity index (χ1n) is 5.97. The minimum Gasteiger partial charge on any atom is -0.469 e. The van der Waals surface area contributed by atoms with Crippen molar-refractivity contribution in [1.82, 2.24) is 4.31 Å². The van der Waals surface area contributed by atoms with Gasteiger partial charge in [-0.15, -0.1) is 0 Å². The third-order valence-electron chi connectivity index (χ3n) is 3.10. The van der Waals surface area contributed by atoms with Crippen molar-refractivity contribution in [3.05, 3.63) is 47.4 Å². The highest BCUT2D eigenvalue weighted by Gasteiger charge is 2.26. The number of nitrogen functional groups attached to an aromatic ring is 1. The van der Waals surface area contributed by atoms with Crippen LogP contribution in [0.1, 0.15) is 11.3 Å². The Balaban J connectivity index is 2.38. The van der Waals surface area contributed by atoms with E-state index in [-0.39, 0.29) is 6.54 Å². The number of hydrogen-bond acceptors (Lipinski definition) is 4. The lowest BCUT2D eigenvalue weighted by molar-refractivity contribution is 0.452. The molecule has 0 spiro atoms. The third-order valence-corrected chi connectivity index (χ3v) is 4.92. The number of rotatable bonds is 4. The molecule has 5 nitrogen and oxygen atoms in total. The molecule has 0 aliphatic heterocycles. The number of sulfonamides is 1. The summed E-state index contributed by atoms with van der Waals surface area (Å²) in [5, 5.41) is 0. The second-order valence-corrected chi connectivity index (χ2v) is 6.58. The molecule has 1 aromatic carbocycles. The van der Waals surface area contributed by atoms with Gasteiger partial charge >= 0.3 is 0 Å². The number of halogens is 2. The average molecular weight is 316 g/mol. The van der Waals surface area contributed by atoms with Crippen LogP contribution in [-0.4, -0.2) is 19.8 Å². The smallest absolute Gasteiger partial charge is 0.246 e. The lowest BCUT2D eigenvalue weighted by Crippen LogP contribution is -2.27. The van der Waals surface area contributed by atoms with Crippen molar-refractivity contribution < 1.29 is 21.6 Å². The largest absolute Gasteiger partial charge is 0.469 e. The molecule has 2 aromatic rings. The van der Waals surface area contributed by atoms with E-state index in [1.807, 2.05) is 0 Å². The Kier molecular flexibility index (Phi) is 4.02. The molecule has 0 amide bonds. The summed E-state index contributed by atoms with van der Waals surface area (Å²) in [6, 6.07) is 2.86. The van der Waals surface area contributed by atoms with Gasteiger partial charge < -0.3 is 10.2 Å². The summed E-state index contributed by atoms with van der Waals surface area (Å²) >= 11 is 0. The molecule has 8 heteroatoms. The first kappa shape index (κ1) is 15.5. The average Bonchev–Trinajstić information content (AvgIpc) is 2.79. The van der Waals surface area contributed by atoms with Gasteiger partial charge in [0.05, 0.1) is 12.0 Å². The summed E-state index contributed by atoms with van der Waals surface area (Å²) < 4.78 is 57.5. The molecule has 1 aromatic heterocycles. The van der Waals surface area contributed by atoms with Gasteiger partial charge in [-0.3, -0.25) is 0 Å². The predicted octanol–water partition coefficient (Wildman–Crippen LogP) is 2.27. The van der Waals surface area contributed by atoms with Gasteiger partial charge in [-0.05, 0) is 19.1 Å². The molecule has 2 N–H and O–H groups in total. The predicted molar refractivity (Wildman–Crippen MR) is 72.9 cm³/mol. The molecule has 21 heavy (non-hydrogen) atoms. The molecule has 114 valence electrons. The first-order chi connectivity index (χ1) is 9.73. The van der Waals surface area contributed by atoms with Crippen LogP contribution in [0.2, 0.25) is 0 Å². The standard InChI is InChI=1S/C13H14F2N2O3S/c1-8-9(3-4-20-8)7-17(2)21(18,19)13-6-12(16)10(14)5-11(13)15/h3-6H,7,16H2,1-2H3. The highest BCUT2D eigenvalue weighted by Crippen LogP contribution is 2.25. The van der Waals surface area contributed by atoms with E-state index in [1.165, 1.54) is 13.3 Å². The van der Waals surface area contributed by atoms with E-state index >= 15 is 0 Å². The van der Waals surface area contributed by atoms with Crippen molar-refractivity contribution in [2.75, 3.05) is 12.8 Å². The van der Waals surface area contributed by atoms with Gasteiger partial charge in [-0.25, -0.2) is 17.2 Å². The summed E-state index contributed by atoms with van der Waals surface area (Å²) in [4.78, 5) is -0.662. The van der Waals surface area contributed by atoms with Gasteiger partial charge in [-0.1, -0.05) is 0 Å². The Morgan fingerprint density at radius 1 is 1.29 bits per heavy atom. The van der Waals surface area contributed by atoms with Crippen molar-refractivity contribution in [2.24, 2.45) is 0 Å². The van der Waals surface area contributed by atoms with Gasteiger partial charge in [0.1, 0.15) is 22.3 Å². The Morgan fingerprint density at radius 2 is 1.95 bits per heavy atom. The lowest BCUT2D eigenvalue weighted by atomic mass is 10.3. The van der Waals surface area contributed by atoms with Gasteiger partial charge in [-0.2, -0.15) is 4.31 Å². The highest BCUT2D eigenvalue weighted by molar-refractivity contribution is 7.89. The molecule has 2 rings (SSSR count). The topological polar surface area (TPSA) is 76.5 Å². The molecule has 1 heterocycles. The van der Waals surface area contributed by atoms with Crippen molar-refractivity contribution in [2.45, 2.75) is 18.4 Å². The fourth-order valence-corrected chi connectivity index (χ4v) is 3.04. The van der Waals surface area contributed by atoms with Crippen LogP contribution in [0.15, 0.2) is 33.8 Å².